The second-order valence-corrected chi connectivity index (χ2v) is 5.79. The second kappa shape index (κ2) is 13.4. The van der Waals surface area contributed by atoms with Gasteiger partial charge in [-0.2, -0.15) is 26.3 Å². The number of alkyl halides is 6. The minimum absolute atomic E-state index is 0. The first kappa shape index (κ1) is 30.9. The number of quaternary nitrogens is 1. The Morgan fingerprint density at radius 2 is 0.826 bits per heavy atom. The van der Waals surface area contributed by atoms with E-state index < -0.39 is 32.4 Å². The summed E-state index contributed by atoms with van der Waals surface area (Å²) < 4.78 is 100. The van der Waals surface area contributed by atoms with E-state index in [-0.39, 0.29) is 19.5 Å². The summed E-state index contributed by atoms with van der Waals surface area (Å²) in [5.41, 5.74) is -10.2. The van der Waals surface area contributed by atoms with Gasteiger partial charge in [0.1, 0.15) is 0 Å². The van der Waals surface area contributed by atoms with Gasteiger partial charge in [-0.15, -0.1) is 0 Å². The summed E-state index contributed by atoms with van der Waals surface area (Å²) in [5, 5.41) is 0. The average Bonchev–Trinajstić information content (AvgIpc) is 2.37. The van der Waals surface area contributed by atoms with Gasteiger partial charge in [0.05, 0.1) is 26.7 Å². The maximum atomic E-state index is 10.6. The first-order valence-electron chi connectivity index (χ1n) is 5.73. The minimum atomic E-state index is -5.08. The van der Waals surface area contributed by atoms with E-state index >= 15 is 0 Å². The third kappa shape index (κ3) is 20.0. The molecule has 0 unspecified atom stereocenters. The molecule has 0 aliphatic carbocycles. The van der Waals surface area contributed by atoms with Gasteiger partial charge < -0.3 is 21.3 Å². The van der Waals surface area contributed by atoms with Gasteiger partial charge in [0, 0.05) is 21.4 Å². The van der Waals surface area contributed by atoms with Gasteiger partial charge in [-0.05, 0) is 20.8 Å². The monoisotopic (exact) mass is 484 g/mol. The Morgan fingerprint density at radius 3 is 0.826 bits per heavy atom. The molecule has 0 amide bonds. The van der Waals surface area contributed by atoms with E-state index in [1.54, 1.807) is 0 Å². The number of rotatable bonds is 3. The van der Waals surface area contributed by atoms with Crippen molar-refractivity contribution in [1.29, 1.82) is 0 Å². The fourth-order valence-corrected chi connectivity index (χ4v) is 0.671. The number of halogens is 6. The molecule has 0 saturated heterocycles. The van der Waals surface area contributed by atoms with Crippen molar-refractivity contribution in [3.05, 3.63) is 0 Å². The molecule has 0 N–H and O–H groups in total. The third-order valence-electron chi connectivity index (χ3n) is 2.67. The summed E-state index contributed by atoms with van der Waals surface area (Å²) in [6.07, 6.45) is 0. The normalized spacial score (nSPS) is 11.8. The molecule has 23 heavy (non-hydrogen) atoms. The fraction of sp³-hybridized carbons (Fsp3) is 1.00. The summed E-state index contributed by atoms with van der Waals surface area (Å²) in [5.74, 6) is 0. The Kier molecular flexibility index (Phi) is 18.0. The van der Waals surface area contributed by atoms with Gasteiger partial charge in [-0.25, -0.2) is 0 Å². The van der Waals surface area contributed by atoms with Crippen LogP contribution in [0.5, 0.6) is 0 Å². The number of hydrogen-bond acceptors (Lipinski definition) is 6. The van der Waals surface area contributed by atoms with Crippen LogP contribution < -0.4 is 0 Å². The first-order valence-corrected chi connectivity index (χ1v) is 7.88. The van der Waals surface area contributed by atoms with E-state index in [9.17, 15) is 26.3 Å². The van der Waals surface area contributed by atoms with Crippen LogP contribution >= 0.6 is 0 Å². The van der Waals surface area contributed by atoms with Gasteiger partial charge in [0.25, 0.3) is 0 Å². The van der Waals surface area contributed by atoms with Crippen LogP contribution in [0.15, 0.2) is 0 Å². The van der Waals surface area contributed by atoms with Crippen LogP contribution in [0.3, 0.4) is 0 Å². The third-order valence-corrected chi connectivity index (χ3v) is 3.42. The zero-order valence-electron chi connectivity index (χ0n) is 12.6. The van der Waals surface area contributed by atoms with Crippen molar-refractivity contribution in [2.75, 3.05) is 26.7 Å². The van der Waals surface area contributed by atoms with Crippen LogP contribution in [0.25, 0.3) is 0 Å². The molecular formula is C9H18F6NO4RuS2+2. The van der Waals surface area contributed by atoms with Crippen molar-refractivity contribution < 1.29 is 67.1 Å². The largest absolute Gasteiger partial charge is 3.00 e. The van der Waals surface area contributed by atoms with E-state index in [4.69, 9.17) is 16.8 Å². The smallest absolute Gasteiger partial charge is 0.416 e. The van der Waals surface area contributed by atoms with Gasteiger partial charge in [0.2, 0.25) is 0 Å². The standard InChI is InChI=1S/C7H18N.2CF3O2S.Ru/c1-5-8(4,6-2)7-3;2*2-1(3,4)7(5)6;/h5-7H2,1-4H3;;;/q+1;2*-1;+3. The molecule has 0 aromatic heterocycles. The maximum Gasteiger partial charge on any atom is 3.00 e. The minimum Gasteiger partial charge on any atom is -0.416 e. The van der Waals surface area contributed by atoms with Crippen LogP contribution in [-0.4, -0.2) is 42.2 Å². The molecule has 143 valence electrons. The number of nitrogens with zero attached hydrogens (tertiary/aromatic N) is 1. The van der Waals surface area contributed by atoms with Gasteiger partial charge >= 0.3 is 30.5 Å². The Morgan fingerprint density at radius 1 is 0.696 bits per heavy atom. The molecule has 0 fully saturated rings. The molecule has 0 aliphatic rings. The second-order valence-electron chi connectivity index (χ2n) is 3.93. The molecule has 0 aromatic rings. The van der Waals surface area contributed by atoms with E-state index in [0.29, 0.717) is 0 Å². The van der Waals surface area contributed by atoms with Gasteiger partial charge in [0.15, 0.2) is 0 Å². The zero-order chi connectivity index (χ0) is 18.8. The average molecular weight is 483 g/mol. The van der Waals surface area contributed by atoms with Crippen molar-refractivity contribution in [2.24, 2.45) is 0 Å². The molecule has 0 bridgehead atoms. The topological polar surface area (TPSA) is 68.3 Å². The molecule has 0 spiro atoms. The summed E-state index contributed by atoms with van der Waals surface area (Å²) in [4.78, 5) is 0. The first-order chi connectivity index (χ1) is 9.57. The predicted molar refractivity (Wildman–Crippen MR) is 67.4 cm³/mol. The Hall–Kier alpha value is 0.0634. The molecule has 14 heteroatoms. The van der Waals surface area contributed by atoms with E-state index in [0.717, 1.165) is 0 Å². The number of hydrogen-bond donors (Lipinski definition) is 0. The molecule has 0 rings (SSSR count). The quantitative estimate of drug-likeness (QED) is 0.268. The summed E-state index contributed by atoms with van der Waals surface area (Å²) in [7, 11) is -5.57. The van der Waals surface area contributed by atoms with Crippen molar-refractivity contribution in [1.82, 2.24) is 0 Å². The maximum absolute atomic E-state index is 10.6. The molecule has 0 saturated carbocycles. The molecule has 0 heterocycles. The molecule has 1 radical (unpaired) electrons. The Bertz CT molecular complexity index is 388. The molecule has 0 atom stereocenters. The van der Waals surface area contributed by atoms with Gasteiger partial charge in [-0.3, -0.25) is 0 Å². The van der Waals surface area contributed by atoms with Crippen molar-refractivity contribution >= 4 is 21.4 Å². The van der Waals surface area contributed by atoms with Crippen LogP contribution in [0.2, 0.25) is 0 Å². The van der Waals surface area contributed by atoms with E-state index in [1.807, 2.05) is 0 Å². The fourth-order valence-electron chi connectivity index (χ4n) is 0.671. The SMILES string of the molecule is CC[N+](C)(CC)CC.O=[S-](=O)C(F)(F)F.O=[S-](=O)C(F)(F)F.[Ru+3]. The van der Waals surface area contributed by atoms with E-state index in [1.165, 1.54) is 24.1 Å². The summed E-state index contributed by atoms with van der Waals surface area (Å²) >= 11 is 0. The van der Waals surface area contributed by atoms with Crippen LogP contribution in [0, 0.1) is 0 Å². The molecular weight excluding hydrogens is 465 g/mol. The molecule has 0 aromatic carbocycles. The summed E-state index contributed by atoms with van der Waals surface area (Å²) in [6.45, 7) is 10.5. The van der Waals surface area contributed by atoms with Crippen molar-refractivity contribution in [3.8, 4) is 0 Å². The molecule has 0 aliphatic heterocycles. The van der Waals surface area contributed by atoms with Crippen LogP contribution in [0.1, 0.15) is 20.8 Å². The van der Waals surface area contributed by atoms with Crippen LogP contribution in [0.4, 0.5) is 26.3 Å². The van der Waals surface area contributed by atoms with Crippen molar-refractivity contribution in [2.45, 2.75) is 31.8 Å². The van der Waals surface area contributed by atoms with Crippen LogP contribution in [-0.2, 0) is 57.7 Å². The summed E-state index contributed by atoms with van der Waals surface area (Å²) in [6, 6.07) is 0. The van der Waals surface area contributed by atoms with Crippen molar-refractivity contribution in [3.63, 3.8) is 0 Å². The van der Waals surface area contributed by atoms with E-state index in [2.05, 4.69) is 27.8 Å². The predicted octanol–water partition coefficient (Wildman–Crippen LogP) is 3.12. The Balaban J connectivity index is -0.000000116. The zero-order valence-corrected chi connectivity index (χ0v) is 16.0. The molecule has 5 nitrogen and oxygen atoms in total. The van der Waals surface area contributed by atoms with Gasteiger partial charge in [-0.1, -0.05) is 0 Å². The Labute approximate surface area is 147 Å².